The minimum absolute atomic E-state index is 0.00286. The van der Waals surface area contributed by atoms with E-state index in [-0.39, 0.29) is 29.3 Å². The van der Waals surface area contributed by atoms with E-state index in [9.17, 15) is 24.5 Å². The van der Waals surface area contributed by atoms with Crippen molar-refractivity contribution in [2.45, 2.75) is 33.9 Å². The van der Waals surface area contributed by atoms with Crippen LogP contribution < -0.4 is 10.7 Å². The summed E-state index contributed by atoms with van der Waals surface area (Å²) < 4.78 is 11.3. The summed E-state index contributed by atoms with van der Waals surface area (Å²) in [6.07, 6.45) is 0. The number of fused-ring (bicyclic) bond motifs is 1. The Morgan fingerprint density at radius 1 is 1.26 bits per heavy atom. The molecule has 11 nitrogen and oxygen atoms in total. The van der Waals surface area contributed by atoms with Gasteiger partial charge in [0.25, 0.3) is 5.69 Å². The lowest BCUT2D eigenvalue weighted by molar-refractivity contribution is -0.384. The standard InChI is InChI=1S/C23H20N4O7S/c1-13-5-4-6-18(14(13)2)26(15(3)28)22-24-16(12-35-22)11-33-21(29)10-25-19-8-7-17(27(31)32)9-20(19)34-23(25)30/h4-9,12H,10-11H2,1-3H3. The van der Waals surface area contributed by atoms with Gasteiger partial charge in [-0.25, -0.2) is 9.78 Å². The Bertz CT molecular complexity index is 1520. The molecule has 0 aliphatic carbocycles. The molecule has 0 unspecified atom stereocenters. The number of thiazole rings is 1. The van der Waals surface area contributed by atoms with E-state index in [0.29, 0.717) is 10.8 Å². The van der Waals surface area contributed by atoms with Gasteiger partial charge in [-0.15, -0.1) is 11.3 Å². The van der Waals surface area contributed by atoms with Crippen LogP contribution in [-0.4, -0.2) is 26.4 Å². The molecule has 0 aliphatic rings. The maximum Gasteiger partial charge on any atom is 0.420 e. The number of aryl methyl sites for hydroxylation is 1. The summed E-state index contributed by atoms with van der Waals surface area (Å²) in [7, 11) is 0. The Morgan fingerprint density at radius 2 is 2.03 bits per heavy atom. The Labute approximate surface area is 202 Å². The minimum atomic E-state index is -0.834. The zero-order valence-electron chi connectivity index (χ0n) is 19.0. The van der Waals surface area contributed by atoms with E-state index in [1.807, 2.05) is 32.0 Å². The topological polar surface area (TPSA) is 138 Å². The Balaban J connectivity index is 1.47. The Kier molecular flexibility index (Phi) is 6.47. The van der Waals surface area contributed by atoms with E-state index >= 15 is 0 Å². The molecule has 1 amide bonds. The van der Waals surface area contributed by atoms with Crippen LogP contribution in [0.2, 0.25) is 0 Å². The molecule has 0 saturated carbocycles. The van der Waals surface area contributed by atoms with Crippen LogP contribution in [0.4, 0.5) is 16.5 Å². The molecule has 4 rings (SSSR count). The first-order valence-corrected chi connectivity index (χ1v) is 11.3. The van der Waals surface area contributed by atoms with Gasteiger partial charge in [0.05, 0.1) is 27.9 Å². The normalized spacial score (nSPS) is 10.9. The first-order chi connectivity index (χ1) is 16.7. The molecule has 0 bridgehead atoms. The highest BCUT2D eigenvalue weighted by atomic mass is 32.1. The minimum Gasteiger partial charge on any atom is -0.458 e. The molecule has 2 aromatic carbocycles. The lowest BCUT2D eigenvalue weighted by Crippen LogP contribution is -2.24. The van der Waals surface area contributed by atoms with Crippen molar-refractivity contribution in [3.8, 4) is 0 Å². The highest BCUT2D eigenvalue weighted by Gasteiger charge is 2.21. The number of aromatic nitrogens is 2. The van der Waals surface area contributed by atoms with Crippen molar-refractivity contribution in [2.24, 2.45) is 0 Å². The van der Waals surface area contributed by atoms with Gasteiger partial charge in [0.1, 0.15) is 13.2 Å². The molecular formula is C23H20N4O7S. The maximum atomic E-state index is 12.4. The van der Waals surface area contributed by atoms with Gasteiger partial charge in [0, 0.05) is 18.4 Å². The van der Waals surface area contributed by atoms with Crippen LogP contribution in [-0.2, 0) is 27.5 Å². The SMILES string of the molecule is CC(=O)N(c1nc(COC(=O)Cn2c(=O)oc3cc([N+](=O)[O-])ccc32)cs1)c1cccc(C)c1C. The van der Waals surface area contributed by atoms with Gasteiger partial charge in [-0.3, -0.25) is 29.2 Å². The summed E-state index contributed by atoms with van der Waals surface area (Å²) >= 11 is 1.24. The molecule has 0 saturated heterocycles. The average Bonchev–Trinajstić information content (AvgIpc) is 3.39. The molecule has 12 heteroatoms. The molecule has 35 heavy (non-hydrogen) atoms. The molecule has 2 heterocycles. The number of rotatable bonds is 7. The average molecular weight is 497 g/mol. The molecule has 0 N–H and O–H groups in total. The van der Waals surface area contributed by atoms with E-state index in [2.05, 4.69) is 4.98 Å². The molecule has 0 radical (unpaired) electrons. The second kappa shape index (κ2) is 9.50. The van der Waals surface area contributed by atoms with E-state index < -0.39 is 23.2 Å². The third kappa shape index (κ3) is 4.82. The number of amides is 1. The van der Waals surface area contributed by atoms with E-state index in [0.717, 1.165) is 27.4 Å². The second-order valence-electron chi connectivity index (χ2n) is 7.72. The number of benzene rings is 2. The first kappa shape index (κ1) is 23.8. The largest absolute Gasteiger partial charge is 0.458 e. The van der Waals surface area contributed by atoms with Gasteiger partial charge in [0.15, 0.2) is 10.7 Å². The van der Waals surface area contributed by atoms with Gasteiger partial charge < -0.3 is 9.15 Å². The maximum absolute atomic E-state index is 12.4. The van der Waals surface area contributed by atoms with Crippen LogP contribution >= 0.6 is 11.3 Å². The number of anilines is 2. The van der Waals surface area contributed by atoms with Crippen LogP contribution in [0.15, 0.2) is 51.0 Å². The number of carbonyl (C=O) groups is 2. The van der Waals surface area contributed by atoms with Gasteiger partial charge in [-0.1, -0.05) is 12.1 Å². The number of carbonyl (C=O) groups excluding carboxylic acids is 2. The van der Waals surface area contributed by atoms with Crippen molar-refractivity contribution in [1.82, 2.24) is 9.55 Å². The van der Waals surface area contributed by atoms with Crippen molar-refractivity contribution in [1.29, 1.82) is 0 Å². The molecular weight excluding hydrogens is 476 g/mol. The van der Waals surface area contributed by atoms with Gasteiger partial charge >= 0.3 is 11.7 Å². The summed E-state index contributed by atoms with van der Waals surface area (Å²) in [5, 5.41) is 13.0. The lowest BCUT2D eigenvalue weighted by atomic mass is 10.1. The predicted octanol–water partition coefficient (Wildman–Crippen LogP) is 4.00. The van der Waals surface area contributed by atoms with Crippen molar-refractivity contribution < 1.29 is 23.7 Å². The van der Waals surface area contributed by atoms with Crippen LogP contribution in [0.3, 0.4) is 0 Å². The number of esters is 1. The lowest BCUT2D eigenvalue weighted by Gasteiger charge is -2.21. The van der Waals surface area contributed by atoms with E-state index in [4.69, 9.17) is 9.15 Å². The molecule has 0 fully saturated rings. The zero-order chi connectivity index (χ0) is 25.3. The highest BCUT2D eigenvalue weighted by Crippen LogP contribution is 2.32. The van der Waals surface area contributed by atoms with Crippen molar-refractivity contribution in [2.75, 3.05) is 4.90 Å². The fourth-order valence-electron chi connectivity index (χ4n) is 3.50. The zero-order valence-corrected chi connectivity index (χ0v) is 19.8. The quantitative estimate of drug-likeness (QED) is 0.213. The highest BCUT2D eigenvalue weighted by molar-refractivity contribution is 7.14. The van der Waals surface area contributed by atoms with Gasteiger partial charge in [-0.05, 0) is 37.1 Å². The number of nitro groups is 1. The smallest absolute Gasteiger partial charge is 0.420 e. The molecule has 2 aromatic heterocycles. The summed E-state index contributed by atoms with van der Waals surface area (Å²) in [6, 6.07) is 9.33. The Hall–Kier alpha value is -4.32. The summed E-state index contributed by atoms with van der Waals surface area (Å²) in [4.78, 5) is 53.1. The van der Waals surface area contributed by atoms with Crippen LogP contribution in [0.1, 0.15) is 23.7 Å². The van der Waals surface area contributed by atoms with E-state index in [1.165, 1.54) is 35.3 Å². The van der Waals surface area contributed by atoms with Crippen molar-refractivity contribution >= 4 is 50.8 Å². The van der Waals surface area contributed by atoms with Crippen LogP contribution in [0.5, 0.6) is 0 Å². The van der Waals surface area contributed by atoms with E-state index in [1.54, 1.807) is 5.38 Å². The first-order valence-electron chi connectivity index (χ1n) is 10.4. The van der Waals surface area contributed by atoms with Gasteiger partial charge in [0.2, 0.25) is 5.91 Å². The van der Waals surface area contributed by atoms with Crippen LogP contribution in [0.25, 0.3) is 11.1 Å². The monoisotopic (exact) mass is 496 g/mol. The summed E-state index contributed by atoms with van der Waals surface area (Å²) in [5.41, 5.74) is 3.15. The predicted molar refractivity (Wildman–Crippen MR) is 128 cm³/mol. The van der Waals surface area contributed by atoms with Gasteiger partial charge in [-0.2, -0.15) is 0 Å². The summed E-state index contributed by atoms with van der Waals surface area (Å²) in [6.45, 7) is 4.73. The van der Waals surface area contributed by atoms with Crippen LogP contribution in [0, 0.1) is 24.0 Å². The third-order valence-electron chi connectivity index (χ3n) is 5.39. The Morgan fingerprint density at radius 3 is 2.74 bits per heavy atom. The molecule has 0 atom stereocenters. The molecule has 0 spiro atoms. The molecule has 180 valence electrons. The second-order valence-corrected chi connectivity index (χ2v) is 8.56. The molecule has 0 aliphatic heterocycles. The third-order valence-corrected chi connectivity index (χ3v) is 6.27. The number of hydrogen-bond donors (Lipinski definition) is 0. The fourth-order valence-corrected chi connectivity index (χ4v) is 4.36. The number of ether oxygens (including phenoxy) is 1. The number of hydrogen-bond acceptors (Lipinski definition) is 9. The number of nitro benzene ring substituents is 1. The molecule has 4 aromatic rings. The summed E-state index contributed by atoms with van der Waals surface area (Å²) in [5.74, 6) is -1.76. The number of oxazole rings is 1. The fraction of sp³-hybridized carbons (Fsp3) is 0.217. The van der Waals surface area contributed by atoms with Crippen molar-refractivity contribution in [3.63, 3.8) is 0 Å². The number of non-ortho nitro benzene ring substituents is 1. The number of nitrogens with zero attached hydrogens (tertiary/aromatic N) is 4. The van der Waals surface area contributed by atoms with Crippen molar-refractivity contribution in [3.05, 3.63) is 79.3 Å².